The van der Waals surface area contributed by atoms with Crippen molar-refractivity contribution >= 4 is 45.1 Å². The summed E-state index contributed by atoms with van der Waals surface area (Å²) >= 11 is 9.63. The molecule has 0 aliphatic rings. The topological polar surface area (TPSA) is 64.6 Å². The third-order valence-corrected chi connectivity index (χ3v) is 5.24. The molecule has 0 aliphatic carbocycles. The van der Waals surface area contributed by atoms with E-state index in [1.165, 1.54) is 0 Å². The third kappa shape index (κ3) is 5.71. The fraction of sp³-hybridized carbons (Fsp3) is 0.300. The second kappa shape index (κ2) is 9.24. The van der Waals surface area contributed by atoms with Gasteiger partial charge in [0.15, 0.2) is 6.61 Å². The molecule has 0 saturated carbocycles. The minimum absolute atomic E-state index is 0.156. The Morgan fingerprint density at radius 3 is 2.41 bits per heavy atom. The van der Waals surface area contributed by atoms with E-state index in [4.69, 9.17) is 21.1 Å². The van der Waals surface area contributed by atoms with Crippen molar-refractivity contribution in [2.75, 3.05) is 11.9 Å². The number of carbonyl (C=O) groups excluding carboxylic acids is 2. The molecule has 0 aromatic heterocycles. The molecule has 0 unspecified atom stereocenters. The van der Waals surface area contributed by atoms with Crippen LogP contribution in [0.2, 0.25) is 5.02 Å². The summed E-state index contributed by atoms with van der Waals surface area (Å²) in [5, 5.41) is 3.38. The maximum absolute atomic E-state index is 12.1. The molecule has 7 heteroatoms. The highest BCUT2D eigenvalue weighted by molar-refractivity contribution is 9.10. The van der Waals surface area contributed by atoms with Crippen LogP contribution in [0.25, 0.3) is 0 Å². The lowest BCUT2D eigenvalue weighted by Gasteiger charge is -2.13. The van der Waals surface area contributed by atoms with Crippen LogP contribution in [0.5, 0.6) is 5.75 Å². The zero-order valence-electron chi connectivity index (χ0n) is 15.6. The first-order valence-electron chi connectivity index (χ1n) is 8.38. The van der Waals surface area contributed by atoms with E-state index in [9.17, 15) is 9.59 Å². The van der Waals surface area contributed by atoms with E-state index in [-0.39, 0.29) is 18.6 Å². The molecule has 0 spiro atoms. The minimum Gasteiger partial charge on any atom is -0.483 e. The smallest absolute Gasteiger partial charge is 0.338 e. The van der Waals surface area contributed by atoms with Crippen molar-refractivity contribution in [3.8, 4) is 5.75 Å². The number of carbonyl (C=O) groups is 2. The highest BCUT2D eigenvalue weighted by Gasteiger charge is 2.13. The quantitative estimate of drug-likeness (QED) is 0.601. The molecule has 144 valence electrons. The fourth-order valence-corrected chi connectivity index (χ4v) is 3.01. The Labute approximate surface area is 172 Å². The molecular weight excluding hydrogens is 434 g/mol. The number of benzene rings is 2. The lowest BCUT2D eigenvalue weighted by atomic mass is 10.1. The number of halogens is 2. The van der Waals surface area contributed by atoms with Gasteiger partial charge >= 0.3 is 5.97 Å². The van der Waals surface area contributed by atoms with Crippen LogP contribution >= 0.6 is 27.5 Å². The van der Waals surface area contributed by atoms with Gasteiger partial charge in [0.2, 0.25) is 0 Å². The molecule has 0 aliphatic heterocycles. The van der Waals surface area contributed by atoms with Gasteiger partial charge in [0.05, 0.1) is 16.1 Å². The molecule has 5 nitrogen and oxygen atoms in total. The van der Waals surface area contributed by atoms with Gasteiger partial charge in [-0.05, 0) is 85.1 Å². The van der Waals surface area contributed by atoms with Crippen LogP contribution in [0, 0.1) is 13.8 Å². The largest absolute Gasteiger partial charge is 0.483 e. The molecule has 2 rings (SSSR count). The third-order valence-electron chi connectivity index (χ3n) is 3.67. The van der Waals surface area contributed by atoms with E-state index in [1.54, 1.807) is 44.2 Å². The van der Waals surface area contributed by atoms with Crippen LogP contribution in [-0.4, -0.2) is 24.6 Å². The molecule has 27 heavy (non-hydrogen) atoms. The summed E-state index contributed by atoms with van der Waals surface area (Å²) in [4.78, 5) is 23.9. The first-order valence-corrected chi connectivity index (χ1v) is 9.55. The number of hydrogen-bond donors (Lipinski definition) is 1. The van der Waals surface area contributed by atoms with Crippen LogP contribution in [-0.2, 0) is 9.53 Å². The van der Waals surface area contributed by atoms with Gasteiger partial charge in [-0.25, -0.2) is 4.79 Å². The number of anilines is 1. The maximum atomic E-state index is 12.1. The first-order chi connectivity index (χ1) is 12.7. The van der Waals surface area contributed by atoms with Gasteiger partial charge < -0.3 is 14.8 Å². The molecule has 0 radical (unpaired) electrons. The standard InChI is InChI=1S/C20H21BrClNO4/c1-11(2)27-20(25)14-5-7-15(8-6-14)23-17(24)10-26-16-9-12(3)19(22)13(4)18(16)21/h5-9,11H,10H2,1-4H3,(H,23,24). The summed E-state index contributed by atoms with van der Waals surface area (Å²) in [6, 6.07) is 8.26. The average Bonchev–Trinajstić information content (AvgIpc) is 2.62. The van der Waals surface area contributed by atoms with Crippen molar-refractivity contribution in [3.05, 3.63) is 56.5 Å². The zero-order chi connectivity index (χ0) is 20.1. The van der Waals surface area contributed by atoms with Crippen molar-refractivity contribution in [3.63, 3.8) is 0 Å². The summed E-state index contributed by atoms with van der Waals surface area (Å²) in [7, 11) is 0. The molecule has 0 fully saturated rings. The fourth-order valence-electron chi connectivity index (χ4n) is 2.32. The number of nitrogens with one attached hydrogen (secondary N) is 1. The summed E-state index contributed by atoms with van der Waals surface area (Å²) in [6.07, 6.45) is -0.187. The van der Waals surface area contributed by atoms with Crippen LogP contribution in [0.4, 0.5) is 5.69 Å². The van der Waals surface area contributed by atoms with Gasteiger partial charge in [-0.2, -0.15) is 0 Å². The Balaban J connectivity index is 1.96. The van der Waals surface area contributed by atoms with Gasteiger partial charge in [0.1, 0.15) is 5.75 Å². The molecule has 0 heterocycles. The molecule has 0 bridgehead atoms. The van der Waals surface area contributed by atoms with Gasteiger partial charge in [-0.1, -0.05) is 11.6 Å². The normalized spacial score (nSPS) is 10.6. The summed E-state index contributed by atoms with van der Waals surface area (Å²) in [5.74, 6) is -0.162. The highest BCUT2D eigenvalue weighted by atomic mass is 79.9. The van der Waals surface area contributed by atoms with Crippen LogP contribution in [0.15, 0.2) is 34.8 Å². The Bertz CT molecular complexity index is 850. The second-order valence-corrected chi connectivity index (χ2v) is 7.48. The Morgan fingerprint density at radius 1 is 1.19 bits per heavy atom. The Morgan fingerprint density at radius 2 is 1.81 bits per heavy atom. The van der Waals surface area contributed by atoms with E-state index in [1.807, 2.05) is 13.8 Å². The van der Waals surface area contributed by atoms with Crippen molar-refractivity contribution in [1.29, 1.82) is 0 Å². The molecule has 2 aromatic carbocycles. The summed E-state index contributed by atoms with van der Waals surface area (Å²) in [5.41, 5.74) is 2.72. The summed E-state index contributed by atoms with van der Waals surface area (Å²) < 4.78 is 11.4. The molecule has 0 atom stereocenters. The van der Waals surface area contributed by atoms with Crippen LogP contribution in [0.3, 0.4) is 0 Å². The van der Waals surface area contributed by atoms with Crippen molar-refractivity contribution in [1.82, 2.24) is 0 Å². The number of amides is 1. The monoisotopic (exact) mass is 453 g/mol. The lowest BCUT2D eigenvalue weighted by molar-refractivity contribution is -0.118. The summed E-state index contributed by atoms with van der Waals surface area (Å²) in [6.45, 7) is 7.16. The van der Waals surface area contributed by atoms with E-state index in [0.29, 0.717) is 22.0 Å². The first kappa shape index (κ1) is 21.3. The number of hydrogen-bond acceptors (Lipinski definition) is 4. The van der Waals surface area contributed by atoms with Crippen molar-refractivity contribution in [2.45, 2.75) is 33.8 Å². The molecule has 0 saturated heterocycles. The average molecular weight is 455 g/mol. The highest BCUT2D eigenvalue weighted by Crippen LogP contribution is 2.35. The van der Waals surface area contributed by atoms with Gasteiger partial charge in [-0.3, -0.25) is 4.79 Å². The predicted molar refractivity (Wildman–Crippen MR) is 110 cm³/mol. The van der Waals surface area contributed by atoms with E-state index in [2.05, 4.69) is 21.2 Å². The maximum Gasteiger partial charge on any atom is 0.338 e. The predicted octanol–water partition coefficient (Wildman–Crippen LogP) is 5.30. The SMILES string of the molecule is Cc1cc(OCC(=O)Nc2ccc(C(=O)OC(C)C)cc2)c(Br)c(C)c1Cl. The van der Waals surface area contributed by atoms with Gasteiger partial charge in [-0.15, -0.1) is 0 Å². The minimum atomic E-state index is -0.399. The van der Waals surface area contributed by atoms with Crippen LogP contribution in [0.1, 0.15) is 35.3 Å². The molecular formula is C20H21BrClNO4. The second-order valence-electron chi connectivity index (χ2n) is 6.31. The van der Waals surface area contributed by atoms with Crippen LogP contribution < -0.4 is 10.1 Å². The number of rotatable bonds is 6. The van der Waals surface area contributed by atoms with E-state index >= 15 is 0 Å². The van der Waals surface area contributed by atoms with Gasteiger partial charge in [0, 0.05) is 10.7 Å². The van der Waals surface area contributed by atoms with E-state index in [0.717, 1.165) is 15.6 Å². The molecule has 2 aromatic rings. The Hall–Kier alpha value is -2.05. The Kier molecular flexibility index (Phi) is 7.27. The zero-order valence-corrected chi connectivity index (χ0v) is 17.9. The molecule has 1 N–H and O–H groups in total. The van der Waals surface area contributed by atoms with Crippen molar-refractivity contribution < 1.29 is 19.1 Å². The van der Waals surface area contributed by atoms with Gasteiger partial charge in [0.25, 0.3) is 5.91 Å². The lowest BCUT2D eigenvalue weighted by Crippen LogP contribution is -2.20. The number of aryl methyl sites for hydroxylation is 1. The van der Waals surface area contributed by atoms with E-state index < -0.39 is 5.97 Å². The molecule has 1 amide bonds. The van der Waals surface area contributed by atoms with Crippen molar-refractivity contribution in [2.24, 2.45) is 0 Å². The number of ether oxygens (including phenoxy) is 2. The number of esters is 1.